The normalized spacial score (nSPS) is 22.1. The predicted molar refractivity (Wildman–Crippen MR) is 78.8 cm³/mol. The lowest BCUT2D eigenvalue weighted by molar-refractivity contribution is 0.243. The van der Waals surface area contributed by atoms with Crippen molar-refractivity contribution < 1.29 is 9.26 Å². The molecule has 1 aromatic carbocycles. The molecule has 0 bridgehead atoms. The topological polar surface area (TPSA) is 60.2 Å². The Morgan fingerprint density at radius 3 is 3.00 bits per heavy atom. The quantitative estimate of drug-likeness (QED) is 0.915. The van der Waals surface area contributed by atoms with Crippen molar-refractivity contribution in [1.29, 1.82) is 0 Å². The van der Waals surface area contributed by atoms with Gasteiger partial charge in [0.05, 0.1) is 6.04 Å². The van der Waals surface area contributed by atoms with E-state index in [9.17, 15) is 0 Å². The van der Waals surface area contributed by atoms with Crippen molar-refractivity contribution in [2.45, 2.75) is 38.8 Å². The third-order valence-corrected chi connectivity index (χ3v) is 3.98. The fourth-order valence-corrected chi connectivity index (χ4v) is 2.69. The lowest BCUT2D eigenvalue weighted by atomic mass is 9.90. The van der Waals surface area contributed by atoms with Crippen LogP contribution in [-0.4, -0.2) is 16.7 Å². The van der Waals surface area contributed by atoms with Gasteiger partial charge in [0.25, 0.3) is 0 Å². The van der Waals surface area contributed by atoms with Crippen molar-refractivity contribution in [2.75, 3.05) is 6.54 Å². The molecule has 2 heterocycles. The van der Waals surface area contributed by atoms with Crippen LogP contribution in [0.3, 0.4) is 0 Å². The van der Waals surface area contributed by atoms with Gasteiger partial charge in [0.1, 0.15) is 5.75 Å². The predicted octanol–water partition coefficient (Wildman–Crippen LogP) is 3.10. The lowest BCUT2D eigenvalue weighted by Crippen LogP contribution is -2.31. The number of piperidine rings is 1. The zero-order chi connectivity index (χ0) is 14.5. The van der Waals surface area contributed by atoms with E-state index in [1.165, 1.54) is 12.8 Å². The van der Waals surface area contributed by atoms with E-state index in [4.69, 9.17) is 9.26 Å². The molecule has 1 N–H and O–H groups in total. The minimum atomic E-state index is 0.182. The zero-order valence-corrected chi connectivity index (χ0v) is 12.3. The van der Waals surface area contributed by atoms with Crippen LogP contribution in [0, 0.1) is 5.92 Å². The highest BCUT2D eigenvalue weighted by Crippen LogP contribution is 2.28. The van der Waals surface area contributed by atoms with Crippen molar-refractivity contribution in [3.8, 4) is 5.75 Å². The van der Waals surface area contributed by atoms with Gasteiger partial charge in [0, 0.05) is 0 Å². The SMILES string of the molecule is CCC1CCNC(c2nc(COc3ccccc3)no2)C1. The maximum Gasteiger partial charge on any atom is 0.243 e. The van der Waals surface area contributed by atoms with Gasteiger partial charge in [-0.05, 0) is 37.4 Å². The van der Waals surface area contributed by atoms with Crippen molar-refractivity contribution >= 4 is 0 Å². The summed E-state index contributed by atoms with van der Waals surface area (Å²) in [6.45, 7) is 3.58. The highest BCUT2D eigenvalue weighted by Gasteiger charge is 2.26. The highest BCUT2D eigenvalue weighted by molar-refractivity contribution is 5.20. The van der Waals surface area contributed by atoms with Gasteiger partial charge < -0.3 is 14.6 Å². The Morgan fingerprint density at radius 1 is 1.33 bits per heavy atom. The third-order valence-electron chi connectivity index (χ3n) is 3.98. The Labute approximate surface area is 124 Å². The molecule has 0 saturated carbocycles. The second-order valence-electron chi connectivity index (χ2n) is 5.46. The summed E-state index contributed by atoms with van der Waals surface area (Å²) < 4.78 is 11.0. The van der Waals surface area contributed by atoms with E-state index in [0.29, 0.717) is 18.3 Å². The van der Waals surface area contributed by atoms with Crippen LogP contribution < -0.4 is 10.1 Å². The summed E-state index contributed by atoms with van der Waals surface area (Å²) in [5.74, 6) is 2.83. The molecule has 2 aromatic rings. The first-order valence-electron chi connectivity index (χ1n) is 7.59. The largest absolute Gasteiger partial charge is 0.485 e. The molecule has 0 radical (unpaired) electrons. The van der Waals surface area contributed by atoms with Crippen LogP contribution in [0.15, 0.2) is 34.9 Å². The molecule has 1 saturated heterocycles. The zero-order valence-electron chi connectivity index (χ0n) is 12.3. The molecule has 1 aromatic heterocycles. The number of aromatic nitrogens is 2. The number of nitrogens with zero attached hydrogens (tertiary/aromatic N) is 2. The minimum Gasteiger partial charge on any atom is -0.485 e. The van der Waals surface area contributed by atoms with Gasteiger partial charge in [-0.25, -0.2) is 0 Å². The number of rotatable bonds is 5. The van der Waals surface area contributed by atoms with Gasteiger partial charge in [-0.2, -0.15) is 4.98 Å². The third kappa shape index (κ3) is 3.61. The first-order valence-corrected chi connectivity index (χ1v) is 7.59. The van der Waals surface area contributed by atoms with Crippen molar-refractivity contribution in [3.63, 3.8) is 0 Å². The molecule has 3 rings (SSSR count). The second-order valence-corrected chi connectivity index (χ2v) is 5.46. The molecule has 1 fully saturated rings. The Balaban J connectivity index is 1.58. The van der Waals surface area contributed by atoms with E-state index >= 15 is 0 Å². The fourth-order valence-electron chi connectivity index (χ4n) is 2.69. The summed E-state index contributed by atoms with van der Waals surface area (Å²) in [7, 11) is 0. The lowest BCUT2D eigenvalue weighted by Gasteiger charge is -2.27. The van der Waals surface area contributed by atoms with Gasteiger partial charge in [-0.3, -0.25) is 0 Å². The van der Waals surface area contributed by atoms with Gasteiger partial charge in [-0.1, -0.05) is 36.7 Å². The minimum absolute atomic E-state index is 0.182. The fraction of sp³-hybridized carbons (Fsp3) is 0.500. The molecule has 112 valence electrons. The van der Waals surface area contributed by atoms with Crippen LogP contribution in [0.5, 0.6) is 5.75 Å². The van der Waals surface area contributed by atoms with Gasteiger partial charge in [-0.15, -0.1) is 0 Å². The van der Waals surface area contributed by atoms with Crippen molar-refractivity contribution in [3.05, 3.63) is 42.0 Å². The van der Waals surface area contributed by atoms with Crippen LogP contribution in [0.25, 0.3) is 0 Å². The summed E-state index contributed by atoms with van der Waals surface area (Å²) in [5.41, 5.74) is 0. The summed E-state index contributed by atoms with van der Waals surface area (Å²) >= 11 is 0. The van der Waals surface area contributed by atoms with Gasteiger partial charge >= 0.3 is 0 Å². The van der Waals surface area contributed by atoms with E-state index < -0.39 is 0 Å². The summed E-state index contributed by atoms with van der Waals surface area (Å²) in [6, 6.07) is 9.84. The molecule has 21 heavy (non-hydrogen) atoms. The van der Waals surface area contributed by atoms with Crippen LogP contribution in [0.2, 0.25) is 0 Å². The first-order chi connectivity index (χ1) is 10.3. The second kappa shape index (κ2) is 6.72. The Kier molecular flexibility index (Phi) is 4.50. The van der Waals surface area contributed by atoms with E-state index in [0.717, 1.165) is 24.6 Å². The highest BCUT2D eigenvalue weighted by atomic mass is 16.5. The molecule has 0 spiro atoms. The summed E-state index contributed by atoms with van der Waals surface area (Å²) in [6.07, 6.45) is 3.50. The number of nitrogens with one attached hydrogen (secondary N) is 1. The maximum atomic E-state index is 5.63. The Hall–Kier alpha value is -1.88. The average molecular weight is 287 g/mol. The standard InChI is InChI=1S/C16H21N3O2/c1-2-12-8-9-17-14(10-12)16-18-15(19-21-16)11-20-13-6-4-3-5-7-13/h3-7,12,14,17H,2,8-11H2,1H3. The smallest absolute Gasteiger partial charge is 0.243 e. The molecule has 0 aliphatic carbocycles. The van der Waals surface area contributed by atoms with E-state index in [-0.39, 0.29) is 6.04 Å². The van der Waals surface area contributed by atoms with E-state index in [1.54, 1.807) is 0 Å². The number of para-hydroxylation sites is 1. The van der Waals surface area contributed by atoms with Crippen LogP contribution in [-0.2, 0) is 6.61 Å². The molecule has 1 aliphatic rings. The van der Waals surface area contributed by atoms with Crippen LogP contribution >= 0.6 is 0 Å². The number of benzene rings is 1. The van der Waals surface area contributed by atoms with Gasteiger partial charge in [0.2, 0.25) is 11.7 Å². The molecule has 1 aliphatic heterocycles. The Bertz CT molecular complexity index is 556. The average Bonchev–Trinajstić information content (AvgIpc) is 3.03. The molecule has 2 unspecified atom stereocenters. The number of ether oxygens (including phenoxy) is 1. The Morgan fingerprint density at radius 2 is 2.19 bits per heavy atom. The summed E-state index contributed by atoms with van der Waals surface area (Å²) in [5, 5.41) is 7.46. The molecule has 2 atom stereocenters. The van der Waals surface area contributed by atoms with Gasteiger partial charge in [0.15, 0.2) is 6.61 Å². The van der Waals surface area contributed by atoms with Crippen LogP contribution in [0.1, 0.15) is 43.9 Å². The molecular formula is C16H21N3O2. The summed E-state index contributed by atoms with van der Waals surface area (Å²) in [4.78, 5) is 4.45. The van der Waals surface area contributed by atoms with Crippen LogP contribution in [0.4, 0.5) is 0 Å². The monoisotopic (exact) mass is 287 g/mol. The molecule has 0 amide bonds. The van der Waals surface area contributed by atoms with E-state index in [2.05, 4.69) is 22.4 Å². The molecule has 5 nitrogen and oxygen atoms in total. The van der Waals surface area contributed by atoms with Crippen molar-refractivity contribution in [2.24, 2.45) is 5.92 Å². The maximum absolute atomic E-state index is 5.63. The first kappa shape index (κ1) is 14.1. The molecule has 5 heteroatoms. The number of hydrogen-bond donors (Lipinski definition) is 1. The molecular weight excluding hydrogens is 266 g/mol. The van der Waals surface area contributed by atoms with E-state index in [1.807, 2.05) is 30.3 Å². The van der Waals surface area contributed by atoms with Crippen molar-refractivity contribution in [1.82, 2.24) is 15.5 Å². The number of hydrogen-bond acceptors (Lipinski definition) is 5.